The van der Waals surface area contributed by atoms with E-state index in [1.165, 1.54) is 18.4 Å². The Hall–Kier alpha value is -0.780. The molecule has 0 aromatic heterocycles. The molecule has 0 spiro atoms. The lowest BCUT2D eigenvalue weighted by Gasteiger charge is -2.16. The van der Waals surface area contributed by atoms with Crippen LogP contribution < -0.4 is 0 Å². The molecule has 0 aliphatic heterocycles. The van der Waals surface area contributed by atoms with Crippen molar-refractivity contribution in [1.29, 1.82) is 0 Å². The second kappa shape index (κ2) is 3.76. The third kappa shape index (κ3) is 1.58. The number of rotatable bonds is 2. The maximum absolute atomic E-state index is 2.44. The summed E-state index contributed by atoms with van der Waals surface area (Å²) in [5.74, 6) is 1.61. The Balaban J connectivity index is 2.37. The smallest absolute Gasteiger partial charge is 0.0133 e. The molecule has 1 unspecified atom stereocenters. The van der Waals surface area contributed by atoms with E-state index in [1.54, 1.807) is 11.1 Å². The van der Waals surface area contributed by atoms with Crippen LogP contribution >= 0.6 is 0 Å². The van der Waals surface area contributed by atoms with Crippen LogP contribution in [0.1, 0.15) is 49.8 Å². The molecule has 0 saturated carbocycles. The van der Waals surface area contributed by atoms with E-state index in [2.05, 4.69) is 39.0 Å². The Morgan fingerprint density at radius 3 is 2.79 bits per heavy atom. The van der Waals surface area contributed by atoms with Gasteiger partial charge in [0.25, 0.3) is 0 Å². The maximum atomic E-state index is 2.44. The van der Waals surface area contributed by atoms with Crippen molar-refractivity contribution in [2.24, 2.45) is 5.92 Å². The van der Waals surface area contributed by atoms with Crippen LogP contribution in [0.3, 0.4) is 0 Å². The molecular weight excluding hydrogens is 168 g/mol. The normalized spacial score (nSPS) is 20.1. The maximum Gasteiger partial charge on any atom is -0.0133 e. The summed E-state index contributed by atoms with van der Waals surface area (Å²) in [7, 11) is 0. The first kappa shape index (κ1) is 9.76. The molecule has 2 rings (SSSR count). The van der Waals surface area contributed by atoms with Gasteiger partial charge in [-0.05, 0) is 47.8 Å². The highest BCUT2D eigenvalue weighted by Crippen LogP contribution is 2.38. The minimum Gasteiger partial charge on any atom is -0.0622 e. The van der Waals surface area contributed by atoms with E-state index in [-0.39, 0.29) is 0 Å². The Kier molecular flexibility index (Phi) is 2.62. The van der Waals surface area contributed by atoms with E-state index >= 15 is 0 Å². The molecule has 0 heteroatoms. The zero-order valence-electron chi connectivity index (χ0n) is 9.51. The molecule has 0 heterocycles. The summed E-state index contributed by atoms with van der Waals surface area (Å²) in [6.45, 7) is 6.93. The van der Waals surface area contributed by atoms with Crippen molar-refractivity contribution in [2.75, 3.05) is 0 Å². The Labute approximate surface area is 87.3 Å². The average Bonchev–Trinajstić information content (AvgIpc) is 2.59. The quantitative estimate of drug-likeness (QED) is 0.659. The molecule has 0 amide bonds. The van der Waals surface area contributed by atoms with E-state index in [1.807, 2.05) is 0 Å². The van der Waals surface area contributed by atoms with E-state index in [9.17, 15) is 0 Å². The van der Waals surface area contributed by atoms with Gasteiger partial charge < -0.3 is 0 Å². The van der Waals surface area contributed by atoms with E-state index in [4.69, 9.17) is 0 Å². The molecule has 0 radical (unpaired) electrons. The molecule has 0 N–H and O–H groups in total. The zero-order valence-corrected chi connectivity index (χ0v) is 9.51. The van der Waals surface area contributed by atoms with Gasteiger partial charge in [-0.1, -0.05) is 39.0 Å². The van der Waals surface area contributed by atoms with Gasteiger partial charge in [0.2, 0.25) is 0 Å². The fourth-order valence-electron chi connectivity index (χ4n) is 2.60. The highest BCUT2D eigenvalue weighted by atomic mass is 14.3. The second-order valence-electron chi connectivity index (χ2n) is 4.78. The number of aryl methyl sites for hydroxylation is 2. The van der Waals surface area contributed by atoms with Crippen LogP contribution in [0.25, 0.3) is 0 Å². The van der Waals surface area contributed by atoms with E-state index < -0.39 is 0 Å². The minimum absolute atomic E-state index is 0.795. The predicted molar refractivity (Wildman–Crippen MR) is 61.7 cm³/mol. The lowest BCUT2D eigenvalue weighted by atomic mass is 9.89. The van der Waals surface area contributed by atoms with Crippen molar-refractivity contribution in [3.63, 3.8) is 0 Å². The Morgan fingerprint density at radius 2 is 2.14 bits per heavy atom. The Bertz CT molecular complexity index is 323. The van der Waals surface area contributed by atoms with Crippen molar-refractivity contribution in [3.8, 4) is 0 Å². The Morgan fingerprint density at radius 1 is 1.36 bits per heavy atom. The van der Waals surface area contributed by atoms with Crippen molar-refractivity contribution in [3.05, 3.63) is 34.9 Å². The summed E-state index contributed by atoms with van der Waals surface area (Å²) in [6, 6.07) is 7.07. The fourth-order valence-corrected chi connectivity index (χ4v) is 2.60. The highest BCUT2D eigenvalue weighted by molar-refractivity contribution is 5.38. The number of fused-ring (bicyclic) bond motifs is 1. The molecule has 1 aliphatic rings. The molecule has 1 aromatic rings. The summed E-state index contributed by atoms with van der Waals surface area (Å²) >= 11 is 0. The highest BCUT2D eigenvalue weighted by Gasteiger charge is 2.24. The number of hydrogen-bond donors (Lipinski definition) is 0. The van der Waals surface area contributed by atoms with Gasteiger partial charge in [-0.15, -0.1) is 0 Å². The van der Waals surface area contributed by atoms with Crippen molar-refractivity contribution >= 4 is 0 Å². The first-order chi connectivity index (χ1) is 6.72. The van der Waals surface area contributed by atoms with E-state index in [0.717, 1.165) is 18.3 Å². The lowest BCUT2D eigenvalue weighted by molar-refractivity contribution is 0.495. The van der Waals surface area contributed by atoms with Crippen LogP contribution in [0.2, 0.25) is 0 Å². The first-order valence-corrected chi connectivity index (χ1v) is 5.84. The van der Waals surface area contributed by atoms with Crippen LogP contribution in [0.5, 0.6) is 0 Å². The summed E-state index contributed by atoms with van der Waals surface area (Å²) in [4.78, 5) is 0. The van der Waals surface area contributed by atoms with Gasteiger partial charge in [0.15, 0.2) is 0 Å². The zero-order chi connectivity index (χ0) is 10.1. The van der Waals surface area contributed by atoms with Crippen LogP contribution in [-0.4, -0.2) is 0 Å². The average molecular weight is 188 g/mol. The van der Waals surface area contributed by atoms with Crippen LogP contribution in [0, 0.1) is 5.92 Å². The lowest BCUT2D eigenvalue weighted by Crippen LogP contribution is -2.02. The standard InChI is InChI=1S/C14H20/c1-4-11-5-6-12-7-8-13(10(2)3)14(12)9-11/h5-6,9-10,13H,4,7-8H2,1-3H3. The summed E-state index contributed by atoms with van der Waals surface area (Å²) in [6.07, 6.45) is 3.82. The third-order valence-corrected chi connectivity index (χ3v) is 3.55. The molecule has 76 valence electrons. The molecule has 14 heavy (non-hydrogen) atoms. The molecule has 0 nitrogen and oxygen atoms in total. The van der Waals surface area contributed by atoms with Gasteiger partial charge in [-0.2, -0.15) is 0 Å². The molecule has 1 atom stereocenters. The first-order valence-electron chi connectivity index (χ1n) is 5.84. The topological polar surface area (TPSA) is 0 Å². The van der Waals surface area contributed by atoms with Crippen LogP contribution in [0.15, 0.2) is 18.2 Å². The monoisotopic (exact) mass is 188 g/mol. The van der Waals surface area contributed by atoms with Gasteiger partial charge in [0.1, 0.15) is 0 Å². The van der Waals surface area contributed by atoms with Crippen molar-refractivity contribution in [1.82, 2.24) is 0 Å². The van der Waals surface area contributed by atoms with Crippen molar-refractivity contribution in [2.45, 2.75) is 46.0 Å². The largest absolute Gasteiger partial charge is 0.0622 e. The number of hydrogen-bond acceptors (Lipinski definition) is 0. The summed E-state index contributed by atoms with van der Waals surface area (Å²) < 4.78 is 0. The predicted octanol–water partition coefficient (Wildman–Crippen LogP) is 3.93. The van der Waals surface area contributed by atoms with Crippen molar-refractivity contribution < 1.29 is 0 Å². The number of benzene rings is 1. The molecule has 1 aromatic carbocycles. The van der Waals surface area contributed by atoms with E-state index in [0.29, 0.717) is 0 Å². The van der Waals surface area contributed by atoms with Crippen LogP contribution in [-0.2, 0) is 12.8 Å². The van der Waals surface area contributed by atoms with Gasteiger partial charge in [0, 0.05) is 0 Å². The van der Waals surface area contributed by atoms with Gasteiger partial charge in [0.05, 0.1) is 0 Å². The summed E-state index contributed by atoms with van der Waals surface area (Å²) in [5, 5.41) is 0. The van der Waals surface area contributed by atoms with Crippen LogP contribution in [0.4, 0.5) is 0 Å². The molecule has 0 bridgehead atoms. The minimum atomic E-state index is 0.795. The van der Waals surface area contributed by atoms with Gasteiger partial charge in [-0.3, -0.25) is 0 Å². The fraction of sp³-hybridized carbons (Fsp3) is 0.571. The van der Waals surface area contributed by atoms with Gasteiger partial charge in [-0.25, -0.2) is 0 Å². The summed E-state index contributed by atoms with van der Waals surface area (Å²) in [5.41, 5.74) is 4.73. The molecule has 1 aliphatic carbocycles. The second-order valence-corrected chi connectivity index (χ2v) is 4.78. The molecule has 0 saturated heterocycles. The third-order valence-electron chi connectivity index (χ3n) is 3.55. The SMILES string of the molecule is CCc1ccc2c(c1)C(C(C)C)CC2. The molecule has 0 fully saturated rings. The van der Waals surface area contributed by atoms with Gasteiger partial charge >= 0.3 is 0 Å². The molecular formula is C14H20.